The van der Waals surface area contributed by atoms with E-state index in [0.717, 1.165) is 6.07 Å². The Hall–Kier alpha value is -1.37. The van der Waals surface area contributed by atoms with E-state index < -0.39 is 11.9 Å². The van der Waals surface area contributed by atoms with Crippen molar-refractivity contribution in [3.05, 3.63) is 17.6 Å². The molecule has 7 heteroatoms. The first-order valence-corrected chi connectivity index (χ1v) is 4.75. The molecule has 0 unspecified atom stereocenters. The third kappa shape index (κ3) is 3.34. The fourth-order valence-electron chi connectivity index (χ4n) is 1.08. The highest BCUT2D eigenvalue weighted by atomic mass is 19.4. The van der Waals surface area contributed by atoms with Crippen molar-refractivity contribution >= 4 is 0 Å². The topological polar surface area (TPSA) is 61.0 Å². The molecule has 1 aromatic rings. The van der Waals surface area contributed by atoms with Gasteiger partial charge in [0.25, 0.3) is 0 Å². The van der Waals surface area contributed by atoms with Crippen LogP contribution >= 0.6 is 0 Å². The Morgan fingerprint density at radius 3 is 2.56 bits per heavy atom. The Kier molecular flexibility index (Phi) is 4.05. The van der Waals surface area contributed by atoms with E-state index in [0.29, 0.717) is 0 Å². The molecule has 0 aliphatic carbocycles. The monoisotopic (exact) mass is 235 g/mol. The standard InChI is InChI=1S/C9H12F3N3O/c1-2-16-8-5-6(9(10,11)12)14-7(15-8)3-4-13/h5H,2-4,13H2,1H3. The molecule has 0 bridgehead atoms. The normalized spacial score (nSPS) is 11.6. The van der Waals surface area contributed by atoms with Crippen LogP contribution in [-0.4, -0.2) is 23.1 Å². The SMILES string of the molecule is CCOc1cc(C(F)(F)F)nc(CCN)n1. The van der Waals surface area contributed by atoms with E-state index in [-0.39, 0.29) is 31.3 Å². The average Bonchev–Trinajstić information content (AvgIpc) is 2.17. The van der Waals surface area contributed by atoms with Gasteiger partial charge in [-0.2, -0.15) is 18.2 Å². The van der Waals surface area contributed by atoms with Crippen LogP contribution in [0.25, 0.3) is 0 Å². The lowest BCUT2D eigenvalue weighted by Gasteiger charge is -2.10. The van der Waals surface area contributed by atoms with E-state index in [1.54, 1.807) is 6.92 Å². The Labute approximate surface area is 90.6 Å². The Balaban J connectivity index is 3.08. The summed E-state index contributed by atoms with van der Waals surface area (Å²) in [6, 6.07) is 0.781. The summed E-state index contributed by atoms with van der Waals surface area (Å²) >= 11 is 0. The highest BCUT2D eigenvalue weighted by Crippen LogP contribution is 2.29. The van der Waals surface area contributed by atoms with E-state index in [4.69, 9.17) is 10.5 Å². The van der Waals surface area contributed by atoms with Gasteiger partial charge in [0.1, 0.15) is 5.82 Å². The molecular formula is C9H12F3N3O. The molecule has 1 aromatic heterocycles. The van der Waals surface area contributed by atoms with Crippen LogP contribution in [0, 0.1) is 0 Å². The minimum atomic E-state index is -4.50. The number of nitrogens with two attached hydrogens (primary N) is 1. The largest absolute Gasteiger partial charge is 0.478 e. The first kappa shape index (κ1) is 12.7. The minimum Gasteiger partial charge on any atom is -0.478 e. The van der Waals surface area contributed by atoms with Crippen LogP contribution in [0.15, 0.2) is 6.07 Å². The van der Waals surface area contributed by atoms with Crippen molar-refractivity contribution in [1.82, 2.24) is 9.97 Å². The summed E-state index contributed by atoms with van der Waals surface area (Å²) in [6.45, 7) is 2.10. The van der Waals surface area contributed by atoms with E-state index in [1.165, 1.54) is 0 Å². The number of alkyl halides is 3. The molecule has 0 atom stereocenters. The van der Waals surface area contributed by atoms with Crippen LogP contribution in [0.3, 0.4) is 0 Å². The second kappa shape index (κ2) is 5.11. The second-order valence-corrected chi connectivity index (χ2v) is 2.98. The molecule has 1 rings (SSSR count). The first-order valence-electron chi connectivity index (χ1n) is 4.75. The Morgan fingerprint density at radius 1 is 1.38 bits per heavy atom. The smallest absolute Gasteiger partial charge is 0.433 e. The first-order chi connectivity index (χ1) is 7.47. The number of halogens is 3. The zero-order chi connectivity index (χ0) is 12.2. The predicted octanol–water partition coefficient (Wildman–Crippen LogP) is 1.40. The van der Waals surface area contributed by atoms with E-state index >= 15 is 0 Å². The lowest BCUT2D eigenvalue weighted by Crippen LogP contribution is -2.14. The fraction of sp³-hybridized carbons (Fsp3) is 0.556. The third-order valence-electron chi connectivity index (χ3n) is 1.70. The molecule has 0 saturated heterocycles. The van der Waals surface area contributed by atoms with Crippen LogP contribution < -0.4 is 10.5 Å². The molecule has 4 nitrogen and oxygen atoms in total. The third-order valence-corrected chi connectivity index (χ3v) is 1.70. The number of hydrogen-bond acceptors (Lipinski definition) is 4. The van der Waals surface area contributed by atoms with Crippen molar-refractivity contribution in [3.8, 4) is 5.88 Å². The summed E-state index contributed by atoms with van der Waals surface area (Å²) in [4.78, 5) is 7.19. The van der Waals surface area contributed by atoms with E-state index in [2.05, 4.69) is 9.97 Å². The summed E-state index contributed by atoms with van der Waals surface area (Å²) in [5, 5.41) is 0. The maximum atomic E-state index is 12.5. The molecule has 2 N–H and O–H groups in total. The summed E-state index contributed by atoms with van der Waals surface area (Å²) < 4.78 is 42.3. The van der Waals surface area contributed by atoms with Crippen LogP contribution in [0.4, 0.5) is 13.2 Å². The van der Waals surface area contributed by atoms with Gasteiger partial charge in [-0.05, 0) is 13.5 Å². The highest BCUT2D eigenvalue weighted by Gasteiger charge is 2.33. The van der Waals surface area contributed by atoms with E-state index in [9.17, 15) is 13.2 Å². The Bertz CT molecular complexity index is 330. The van der Waals surface area contributed by atoms with E-state index in [1.807, 2.05) is 0 Å². The van der Waals surface area contributed by atoms with Gasteiger partial charge in [-0.15, -0.1) is 0 Å². The van der Waals surface area contributed by atoms with Gasteiger partial charge >= 0.3 is 6.18 Å². The van der Waals surface area contributed by atoms with Gasteiger partial charge in [0, 0.05) is 12.5 Å². The molecule has 90 valence electrons. The number of ether oxygens (including phenoxy) is 1. The number of rotatable bonds is 4. The highest BCUT2D eigenvalue weighted by molar-refractivity contribution is 5.18. The summed E-state index contributed by atoms with van der Waals surface area (Å²) in [6.07, 6.45) is -4.32. The van der Waals surface area contributed by atoms with Gasteiger partial charge in [0.15, 0.2) is 5.69 Å². The molecule has 0 spiro atoms. The maximum absolute atomic E-state index is 12.5. The minimum absolute atomic E-state index is 0.0424. The van der Waals surface area contributed by atoms with Gasteiger partial charge in [-0.1, -0.05) is 0 Å². The van der Waals surface area contributed by atoms with Crippen molar-refractivity contribution < 1.29 is 17.9 Å². The predicted molar refractivity (Wildman–Crippen MR) is 51.0 cm³/mol. The van der Waals surface area contributed by atoms with Crippen molar-refractivity contribution in [2.24, 2.45) is 5.73 Å². The molecule has 0 aliphatic heterocycles. The lowest BCUT2D eigenvalue weighted by atomic mass is 10.3. The molecule has 0 aromatic carbocycles. The maximum Gasteiger partial charge on any atom is 0.433 e. The van der Waals surface area contributed by atoms with Crippen LogP contribution in [0.2, 0.25) is 0 Å². The molecule has 0 radical (unpaired) electrons. The summed E-state index contributed by atoms with van der Waals surface area (Å²) in [5.74, 6) is -0.0333. The summed E-state index contributed by atoms with van der Waals surface area (Å²) in [5.41, 5.74) is 4.24. The molecule has 16 heavy (non-hydrogen) atoms. The zero-order valence-corrected chi connectivity index (χ0v) is 8.71. The van der Waals surface area contributed by atoms with Gasteiger partial charge in [0.2, 0.25) is 5.88 Å². The number of nitrogens with zero attached hydrogens (tertiary/aromatic N) is 2. The van der Waals surface area contributed by atoms with Crippen LogP contribution in [-0.2, 0) is 12.6 Å². The van der Waals surface area contributed by atoms with Crippen molar-refractivity contribution in [2.45, 2.75) is 19.5 Å². The zero-order valence-electron chi connectivity index (χ0n) is 8.71. The van der Waals surface area contributed by atoms with Gasteiger partial charge in [-0.25, -0.2) is 4.98 Å². The van der Waals surface area contributed by atoms with Gasteiger partial charge < -0.3 is 10.5 Å². The van der Waals surface area contributed by atoms with Crippen LogP contribution in [0.1, 0.15) is 18.4 Å². The molecule has 0 aliphatic rings. The molecule has 0 fully saturated rings. The quantitative estimate of drug-likeness (QED) is 0.856. The summed E-state index contributed by atoms with van der Waals surface area (Å²) in [7, 11) is 0. The average molecular weight is 235 g/mol. The van der Waals surface area contributed by atoms with Crippen molar-refractivity contribution in [1.29, 1.82) is 0 Å². The van der Waals surface area contributed by atoms with Crippen molar-refractivity contribution in [3.63, 3.8) is 0 Å². The lowest BCUT2D eigenvalue weighted by molar-refractivity contribution is -0.141. The molecule has 1 heterocycles. The Morgan fingerprint density at radius 2 is 2.06 bits per heavy atom. The van der Waals surface area contributed by atoms with Gasteiger partial charge in [0.05, 0.1) is 6.61 Å². The number of hydrogen-bond donors (Lipinski definition) is 1. The van der Waals surface area contributed by atoms with Gasteiger partial charge in [-0.3, -0.25) is 0 Å². The molecular weight excluding hydrogens is 223 g/mol. The van der Waals surface area contributed by atoms with Crippen molar-refractivity contribution in [2.75, 3.05) is 13.2 Å². The van der Waals surface area contributed by atoms with Crippen LogP contribution in [0.5, 0.6) is 5.88 Å². The fourth-order valence-corrected chi connectivity index (χ4v) is 1.08. The second-order valence-electron chi connectivity index (χ2n) is 2.98. The molecule has 0 saturated carbocycles. The number of aromatic nitrogens is 2. The molecule has 0 amide bonds.